The second kappa shape index (κ2) is 9.38. The van der Waals surface area contributed by atoms with Crippen molar-refractivity contribution >= 4 is 30.0 Å². The lowest BCUT2D eigenvalue weighted by Gasteiger charge is -2.42. The number of carbonyl (C=O) groups excluding carboxylic acids is 1. The maximum atomic E-state index is 13.0. The first-order chi connectivity index (χ1) is 13.6. The summed E-state index contributed by atoms with van der Waals surface area (Å²) in [6.07, 6.45) is 3.98. The molecule has 4 nitrogen and oxygen atoms in total. The van der Waals surface area contributed by atoms with Gasteiger partial charge in [-0.3, -0.25) is 0 Å². The Kier molecular flexibility index (Phi) is 7.10. The molecule has 1 heterocycles. The second-order valence-electron chi connectivity index (χ2n) is 8.11. The minimum Gasteiger partial charge on any atom is -0.330 e. The highest BCUT2D eigenvalue weighted by atomic mass is 35.5. The van der Waals surface area contributed by atoms with Crippen LogP contribution in [-0.2, 0) is 12.0 Å². The summed E-state index contributed by atoms with van der Waals surface area (Å²) in [5.74, 6) is 0. The summed E-state index contributed by atoms with van der Waals surface area (Å²) in [7, 11) is 0. The first kappa shape index (κ1) is 21.9. The maximum absolute atomic E-state index is 13.0. The van der Waals surface area contributed by atoms with E-state index in [9.17, 15) is 4.79 Å². The molecule has 1 aliphatic heterocycles. The van der Waals surface area contributed by atoms with Gasteiger partial charge in [0.2, 0.25) is 0 Å². The van der Waals surface area contributed by atoms with Gasteiger partial charge in [0.15, 0.2) is 0 Å². The van der Waals surface area contributed by atoms with Crippen LogP contribution in [0.1, 0.15) is 36.8 Å². The molecule has 0 atom stereocenters. The Bertz CT molecular complexity index is 822. The fraction of sp³-hybridized carbons (Fsp3) is 0.435. The Morgan fingerprint density at radius 2 is 1.76 bits per heavy atom. The molecule has 2 aromatic rings. The van der Waals surface area contributed by atoms with E-state index < -0.39 is 0 Å². The fourth-order valence-corrected chi connectivity index (χ4v) is 4.98. The van der Waals surface area contributed by atoms with Crippen molar-refractivity contribution in [2.45, 2.75) is 43.7 Å². The van der Waals surface area contributed by atoms with Crippen LogP contribution in [-0.4, -0.2) is 41.5 Å². The molecule has 29 heavy (non-hydrogen) atoms. The normalized spacial score (nSPS) is 24.5. The number of hydrogen-bond acceptors (Lipinski definition) is 2. The van der Waals surface area contributed by atoms with Crippen molar-refractivity contribution in [1.82, 2.24) is 9.80 Å². The van der Waals surface area contributed by atoms with Gasteiger partial charge in [-0.25, -0.2) is 4.79 Å². The fourth-order valence-electron chi connectivity index (χ4n) is 4.79. The molecule has 156 valence electrons. The largest absolute Gasteiger partial charge is 0.330 e. The standard InChI is InChI=1S/C23H28ClN3O.ClH/c24-20-8-4-7-19(15-20)23(17-25)11-9-21(10-12-23)27-14-13-26(22(27)28)16-18-5-2-1-3-6-18;/h1-8,15,21H,9-14,16-17,25H2;1H/t21-,23-;. The number of halogens is 2. The summed E-state index contributed by atoms with van der Waals surface area (Å²) in [5, 5.41) is 0.763. The molecule has 2 N–H and O–H groups in total. The van der Waals surface area contributed by atoms with Crippen LogP contribution in [0.5, 0.6) is 0 Å². The highest BCUT2D eigenvalue weighted by Crippen LogP contribution is 2.41. The van der Waals surface area contributed by atoms with Gasteiger partial charge in [-0.05, 0) is 48.9 Å². The van der Waals surface area contributed by atoms with Gasteiger partial charge in [-0.15, -0.1) is 12.4 Å². The third kappa shape index (κ3) is 4.55. The van der Waals surface area contributed by atoms with Gasteiger partial charge < -0.3 is 15.5 Å². The zero-order valence-corrected chi connectivity index (χ0v) is 18.2. The maximum Gasteiger partial charge on any atom is 0.320 e. The number of nitrogens with two attached hydrogens (primary N) is 1. The van der Waals surface area contributed by atoms with Gasteiger partial charge in [0.25, 0.3) is 0 Å². The van der Waals surface area contributed by atoms with Gasteiger partial charge >= 0.3 is 6.03 Å². The molecule has 0 radical (unpaired) electrons. The number of amides is 2. The molecule has 2 fully saturated rings. The monoisotopic (exact) mass is 433 g/mol. The van der Waals surface area contributed by atoms with E-state index in [4.69, 9.17) is 17.3 Å². The molecule has 2 aliphatic rings. The summed E-state index contributed by atoms with van der Waals surface area (Å²) in [5.41, 5.74) is 8.62. The van der Waals surface area contributed by atoms with Crippen LogP contribution in [0.15, 0.2) is 54.6 Å². The third-order valence-corrected chi connectivity index (χ3v) is 6.76. The van der Waals surface area contributed by atoms with Crippen molar-refractivity contribution in [1.29, 1.82) is 0 Å². The van der Waals surface area contributed by atoms with E-state index in [2.05, 4.69) is 29.2 Å². The van der Waals surface area contributed by atoms with E-state index >= 15 is 0 Å². The van der Waals surface area contributed by atoms with Gasteiger partial charge in [-0.2, -0.15) is 0 Å². The first-order valence-electron chi connectivity index (χ1n) is 10.2. The quantitative estimate of drug-likeness (QED) is 0.732. The van der Waals surface area contributed by atoms with Crippen molar-refractivity contribution in [3.63, 3.8) is 0 Å². The number of carbonyl (C=O) groups is 1. The van der Waals surface area contributed by atoms with Crippen LogP contribution in [0.4, 0.5) is 4.79 Å². The van der Waals surface area contributed by atoms with E-state index in [1.54, 1.807) is 0 Å². The lowest BCUT2D eigenvalue weighted by atomic mass is 9.68. The molecule has 0 bridgehead atoms. The van der Waals surface area contributed by atoms with Gasteiger partial charge in [0, 0.05) is 42.7 Å². The molecular formula is C23H29Cl2N3O. The molecule has 4 rings (SSSR count). The summed E-state index contributed by atoms with van der Waals surface area (Å²) < 4.78 is 0. The highest BCUT2D eigenvalue weighted by molar-refractivity contribution is 6.30. The summed E-state index contributed by atoms with van der Waals surface area (Å²) >= 11 is 6.22. The van der Waals surface area contributed by atoms with Crippen LogP contribution in [0, 0.1) is 0 Å². The predicted octanol–water partition coefficient (Wildman–Crippen LogP) is 4.84. The average molecular weight is 434 g/mol. The highest BCUT2D eigenvalue weighted by Gasteiger charge is 2.41. The molecule has 6 heteroatoms. The van der Waals surface area contributed by atoms with Crippen LogP contribution < -0.4 is 5.73 Å². The molecule has 2 amide bonds. The lowest BCUT2D eigenvalue weighted by Crippen LogP contribution is -2.46. The van der Waals surface area contributed by atoms with E-state index in [0.717, 1.165) is 43.8 Å². The Labute approximate surface area is 184 Å². The number of benzene rings is 2. The number of rotatable bonds is 5. The van der Waals surface area contributed by atoms with Crippen LogP contribution in [0.3, 0.4) is 0 Å². The van der Waals surface area contributed by atoms with Crippen molar-refractivity contribution in [3.8, 4) is 0 Å². The van der Waals surface area contributed by atoms with Crippen LogP contribution in [0.2, 0.25) is 5.02 Å². The SMILES string of the molecule is Cl.NC[C@]1(c2cccc(Cl)c2)CC[C@H](N2CCN(Cc3ccccc3)C2=O)CC1. The Balaban J connectivity index is 0.00000240. The second-order valence-corrected chi connectivity index (χ2v) is 8.55. The Morgan fingerprint density at radius 1 is 1.03 bits per heavy atom. The summed E-state index contributed by atoms with van der Waals surface area (Å²) in [4.78, 5) is 17.0. The van der Waals surface area contributed by atoms with Gasteiger partial charge in [0.1, 0.15) is 0 Å². The average Bonchev–Trinajstić information content (AvgIpc) is 3.09. The minimum absolute atomic E-state index is 0. The van der Waals surface area contributed by atoms with E-state index in [0.29, 0.717) is 19.1 Å². The number of hydrogen-bond donors (Lipinski definition) is 1. The predicted molar refractivity (Wildman–Crippen MR) is 121 cm³/mol. The summed E-state index contributed by atoms with van der Waals surface area (Å²) in [6.45, 7) is 2.94. The molecule has 1 saturated heterocycles. The van der Waals surface area contributed by atoms with Crippen LogP contribution in [0.25, 0.3) is 0 Å². The number of nitrogens with zero attached hydrogens (tertiary/aromatic N) is 2. The van der Waals surface area contributed by atoms with E-state index in [-0.39, 0.29) is 23.9 Å². The van der Waals surface area contributed by atoms with Crippen LogP contribution >= 0.6 is 24.0 Å². The molecule has 0 spiro atoms. The third-order valence-electron chi connectivity index (χ3n) is 6.52. The lowest BCUT2D eigenvalue weighted by molar-refractivity contribution is 0.144. The van der Waals surface area contributed by atoms with Gasteiger partial charge in [-0.1, -0.05) is 54.1 Å². The Morgan fingerprint density at radius 3 is 2.41 bits per heavy atom. The molecule has 2 aromatic carbocycles. The Hall–Kier alpha value is -1.75. The van der Waals surface area contributed by atoms with E-state index in [1.165, 1.54) is 11.1 Å². The van der Waals surface area contributed by atoms with E-state index in [1.807, 2.05) is 35.2 Å². The van der Waals surface area contributed by atoms with Crippen molar-refractivity contribution in [2.75, 3.05) is 19.6 Å². The van der Waals surface area contributed by atoms with Crippen molar-refractivity contribution < 1.29 is 4.79 Å². The molecule has 0 aromatic heterocycles. The first-order valence-corrected chi connectivity index (χ1v) is 10.5. The van der Waals surface area contributed by atoms with Crippen molar-refractivity contribution in [2.24, 2.45) is 5.73 Å². The minimum atomic E-state index is -0.0199. The summed E-state index contributed by atoms with van der Waals surface area (Å²) in [6, 6.07) is 18.8. The topological polar surface area (TPSA) is 49.6 Å². The smallest absolute Gasteiger partial charge is 0.320 e. The molecule has 1 aliphatic carbocycles. The number of urea groups is 1. The molecular weight excluding hydrogens is 405 g/mol. The van der Waals surface area contributed by atoms with Crippen molar-refractivity contribution in [3.05, 3.63) is 70.7 Å². The zero-order chi connectivity index (χ0) is 19.6. The van der Waals surface area contributed by atoms with Gasteiger partial charge in [0.05, 0.1) is 0 Å². The molecule has 1 saturated carbocycles. The zero-order valence-electron chi connectivity index (χ0n) is 16.6. The molecule has 0 unspecified atom stereocenters.